The van der Waals surface area contributed by atoms with Crippen molar-refractivity contribution in [1.82, 2.24) is 25.1 Å². The minimum absolute atomic E-state index is 0.0989. The van der Waals surface area contributed by atoms with Crippen molar-refractivity contribution in [3.8, 4) is 0 Å². The SMILES string of the molecule is CC(C)[C@@H](c1nnnn1C(C)(C)C)N1CCOCC1. The molecule has 6 heteroatoms. The Balaban J connectivity index is 2.31. The van der Waals surface area contributed by atoms with Gasteiger partial charge in [0, 0.05) is 13.1 Å². The zero-order valence-electron chi connectivity index (χ0n) is 12.6. The van der Waals surface area contributed by atoms with Crippen molar-refractivity contribution in [2.24, 2.45) is 5.92 Å². The molecule has 1 saturated heterocycles. The highest BCUT2D eigenvalue weighted by atomic mass is 16.5. The third kappa shape index (κ3) is 3.12. The molecule has 1 aromatic heterocycles. The van der Waals surface area contributed by atoms with Gasteiger partial charge in [-0.3, -0.25) is 4.90 Å². The van der Waals surface area contributed by atoms with Gasteiger partial charge in [-0.25, -0.2) is 4.68 Å². The fourth-order valence-electron chi connectivity index (χ4n) is 2.59. The van der Waals surface area contributed by atoms with Crippen LogP contribution in [0.5, 0.6) is 0 Å². The van der Waals surface area contributed by atoms with Crippen LogP contribution in [0.3, 0.4) is 0 Å². The molecule has 1 fully saturated rings. The molecule has 0 aromatic carbocycles. The first kappa shape index (κ1) is 14.4. The summed E-state index contributed by atoms with van der Waals surface area (Å²) in [6.45, 7) is 14.3. The number of ether oxygens (including phenoxy) is 1. The van der Waals surface area contributed by atoms with Gasteiger partial charge >= 0.3 is 0 Å². The van der Waals surface area contributed by atoms with Crippen LogP contribution in [-0.4, -0.2) is 51.4 Å². The van der Waals surface area contributed by atoms with E-state index in [2.05, 4.69) is 55.0 Å². The van der Waals surface area contributed by atoms with Crippen LogP contribution < -0.4 is 0 Å². The number of tetrazole rings is 1. The Morgan fingerprint density at radius 3 is 2.32 bits per heavy atom. The number of nitrogens with zero attached hydrogens (tertiary/aromatic N) is 5. The van der Waals surface area contributed by atoms with Gasteiger partial charge < -0.3 is 4.74 Å². The number of morpholine rings is 1. The van der Waals surface area contributed by atoms with Gasteiger partial charge in [0.1, 0.15) is 0 Å². The quantitative estimate of drug-likeness (QED) is 0.830. The molecule has 0 spiro atoms. The lowest BCUT2D eigenvalue weighted by Crippen LogP contribution is -2.43. The lowest BCUT2D eigenvalue weighted by molar-refractivity contribution is 0.00126. The minimum Gasteiger partial charge on any atom is -0.379 e. The van der Waals surface area contributed by atoms with Crippen molar-refractivity contribution in [2.75, 3.05) is 26.3 Å². The van der Waals surface area contributed by atoms with E-state index in [0.29, 0.717) is 5.92 Å². The highest BCUT2D eigenvalue weighted by Crippen LogP contribution is 2.29. The van der Waals surface area contributed by atoms with Crippen molar-refractivity contribution in [1.29, 1.82) is 0 Å². The van der Waals surface area contributed by atoms with Crippen molar-refractivity contribution in [2.45, 2.75) is 46.2 Å². The van der Waals surface area contributed by atoms with Gasteiger partial charge in [0.2, 0.25) is 0 Å². The van der Waals surface area contributed by atoms with Gasteiger partial charge in [-0.2, -0.15) is 0 Å². The van der Waals surface area contributed by atoms with Crippen molar-refractivity contribution >= 4 is 0 Å². The Morgan fingerprint density at radius 1 is 1.16 bits per heavy atom. The molecule has 0 bridgehead atoms. The van der Waals surface area contributed by atoms with E-state index in [4.69, 9.17) is 4.74 Å². The highest BCUT2D eigenvalue weighted by molar-refractivity contribution is 4.98. The zero-order chi connectivity index (χ0) is 14.0. The van der Waals surface area contributed by atoms with Gasteiger partial charge in [-0.05, 0) is 37.1 Å². The van der Waals surface area contributed by atoms with E-state index in [0.717, 1.165) is 32.1 Å². The van der Waals surface area contributed by atoms with Crippen LogP contribution in [0.25, 0.3) is 0 Å². The number of aromatic nitrogens is 4. The summed E-state index contributed by atoms with van der Waals surface area (Å²) in [7, 11) is 0. The molecular formula is C13H25N5O. The summed E-state index contributed by atoms with van der Waals surface area (Å²) >= 11 is 0. The first-order valence-corrected chi connectivity index (χ1v) is 7.02. The summed E-state index contributed by atoms with van der Waals surface area (Å²) in [5.74, 6) is 1.43. The molecule has 2 heterocycles. The largest absolute Gasteiger partial charge is 0.379 e. The summed E-state index contributed by atoms with van der Waals surface area (Å²) < 4.78 is 7.40. The maximum Gasteiger partial charge on any atom is 0.169 e. The van der Waals surface area contributed by atoms with E-state index in [1.165, 1.54) is 0 Å². The van der Waals surface area contributed by atoms with Crippen LogP contribution in [-0.2, 0) is 10.3 Å². The molecule has 0 aliphatic carbocycles. The van der Waals surface area contributed by atoms with E-state index in [1.54, 1.807) is 0 Å². The summed E-state index contributed by atoms with van der Waals surface area (Å²) in [5.41, 5.74) is -0.0989. The molecule has 0 N–H and O–H groups in total. The monoisotopic (exact) mass is 267 g/mol. The van der Waals surface area contributed by atoms with E-state index in [9.17, 15) is 0 Å². The summed E-state index contributed by atoms with van der Waals surface area (Å²) in [6, 6.07) is 0.248. The summed E-state index contributed by atoms with van der Waals surface area (Å²) in [5, 5.41) is 12.4. The lowest BCUT2D eigenvalue weighted by Gasteiger charge is -2.37. The molecule has 19 heavy (non-hydrogen) atoms. The maximum absolute atomic E-state index is 5.44. The average Bonchev–Trinajstić information content (AvgIpc) is 2.79. The van der Waals surface area contributed by atoms with Gasteiger partial charge in [0.25, 0.3) is 0 Å². The Labute approximate surface area is 115 Å². The minimum atomic E-state index is -0.0989. The molecule has 0 amide bonds. The highest BCUT2D eigenvalue weighted by Gasteiger charge is 2.32. The van der Waals surface area contributed by atoms with Crippen molar-refractivity contribution in [3.63, 3.8) is 0 Å². The summed E-state index contributed by atoms with van der Waals surface area (Å²) in [4.78, 5) is 2.43. The Bertz CT molecular complexity index is 403. The predicted octanol–water partition coefficient (Wildman–Crippen LogP) is 1.46. The maximum atomic E-state index is 5.44. The van der Waals surface area contributed by atoms with E-state index >= 15 is 0 Å². The number of hydrogen-bond donors (Lipinski definition) is 0. The standard InChI is InChI=1S/C13H25N5O/c1-10(2)11(17-6-8-19-9-7-17)12-14-15-16-18(12)13(3,4)5/h10-11H,6-9H2,1-5H3/t11-/m0/s1. The summed E-state index contributed by atoms with van der Waals surface area (Å²) in [6.07, 6.45) is 0. The fraction of sp³-hybridized carbons (Fsp3) is 0.923. The van der Waals surface area contributed by atoms with Crippen LogP contribution in [0.2, 0.25) is 0 Å². The molecule has 1 aliphatic heterocycles. The molecule has 0 radical (unpaired) electrons. The molecule has 108 valence electrons. The second kappa shape index (κ2) is 5.54. The fourth-order valence-corrected chi connectivity index (χ4v) is 2.59. The Kier molecular flexibility index (Phi) is 4.20. The molecule has 2 rings (SSSR count). The molecular weight excluding hydrogens is 242 g/mol. The first-order valence-electron chi connectivity index (χ1n) is 7.02. The first-order chi connectivity index (χ1) is 8.91. The van der Waals surface area contributed by atoms with E-state index in [1.807, 2.05) is 4.68 Å². The van der Waals surface area contributed by atoms with Gasteiger partial charge in [-0.1, -0.05) is 13.8 Å². The normalized spacial score (nSPS) is 19.9. The molecule has 6 nitrogen and oxygen atoms in total. The molecule has 0 saturated carbocycles. The van der Waals surface area contributed by atoms with Crippen LogP contribution in [0.1, 0.15) is 46.5 Å². The number of hydrogen-bond acceptors (Lipinski definition) is 5. The second-order valence-electron chi connectivity index (χ2n) is 6.46. The van der Waals surface area contributed by atoms with Crippen molar-refractivity contribution < 1.29 is 4.74 Å². The Hall–Kier alpha value is -1.01. The smallest absolute Gasteiger partial charge is 0.169 e. The zero-order valence-corrected chi connectivity index (χ0v) is 12.6. The van der Waals surface area contributed by atoms with Crippen molar-refractivity contribution in [3.05, 3.63) is 5.82 Å². The van der Waals surface area contributed by atoms with Gasteiger partial charge in [-0.15, -0.1) is 5.10 Å². The van der Waals surface area contributed by atoms with Gasteiger partial charge in [0.15, 0.2) is 5.82 Å². The van der Waals surface area contributed by atoms with Crippen LogP contribution in [0, 0.1) is 5.92 Å². The average molecular weight is 267 g/mol. The van der Waals surface area contributed by atoms with Crippen LogP contribution in [0.15, 0.2) is 0 Å². The van der Waals surface area contributed by atoms with E-state index in [-0.39, 0.29) is 11.6 Å². The van der Waals surface area contributed by atoms with E-state index < -0.39 is 0 Å². The molecule has 1 atom stereocenters. The molecule has 1 aromatic rings. The molecule has 0 unspecified atom stereocenters. The Morgan fingerprint density at radius 2 is 1.79 bits per heavy atom. The third-order valence-electron chi connectivity index (χ3n) is 3.46. The lowest BCUT2D eigenvalue weighted by atomic mass is 9.99. The van der Waals surface area contributed by atoms with Gasteiger partial charge in [0.05, 0.1) is 24.8 Å². The third-order valence-corrected chi connectivity index (χ3v) is 3.46. The van der Waals surface area contributed by atoms with Crippen LogP contribution >= 0.6 is 0 Å². The van der Waals surface area contributed by atoms with Crippen LogP contribution in [0.4, 0.5) is 0 Å². The molecule has 1 aliphatic rings. The topological polar surface area (TPSA) is 56.1 Å². The number of rotatable bonds is 3. The predicted molar refractivity (Wildman–Crippen MR) is 72.8 cm³/mol. The second-order valence-corrected chi connectivity index (χ2v) is 6.46.